The molecule has 1 saturated heterocycles. The Balaban J connectivity index is 1.25. The van der Waals surface area contributed by atoms with Crippen LogP contribution in [0.2, 0.25) is 0 Å². The zero-order valence-corrected chi connectivity index (χ0v) is 20.2. The SMILES string of the molecule is Cc1cccc(-c2nccc(Nc3ccnc(Nc4nc(C(=O)NC5(CO)CCNC5)cs4)n3)n2)n1. The van der Waals surface area contributed by atoms with E-state index >= 15 is 0 Å². The lowest BCUT2D eigenvalue weighted by Crippen LogP contribution is -2.53. The maximum Gasteiger partial charge on any atom is 0.271 e. The molecule has 4 aromatic rings. The van der Waals surface area contributed by atoms with Gasteiger partial charge in [-0.25, -0.2) is 24.9 Å². The molecular weight excluding hydrogens is 480 g/mol. The summed E-state index contributed by atoms with van der Waals surface area (Å²) in [6.45, 7) is 3.04. The smallest absolute Gasteiger partial charge is 0.271 e. The summed E-state index contributed by atoms with van der Waals surface area (Å²) < 4.78 is 0. The third kappa shape index (κ3) is 5.43. The summed E-state index contributed by atoms with van der Waals surface area (Å²) in [6, 6.07) is 9.13. The van der Waals surface area contributed by atoms with Gasteiger partial charge in [-0.3, -0.25) is 10.1 Å². The van der Waals surface area contributed by atoms with Crippen molar-refractivity contribution in [1.82, 2.24) is 40.5 Å². The van der Waals surface area contributed by atoms with Crippen LogP contribution >= 0.6 is 11.3 Å². The number of hydrogen-bond acceptors (Lipinski definition) is 12. The zero-order valence-electron chi connectivity index (χ0n) is 19.4. The molecule has 1 amide bonds. The molecule has 184 valence electrons. The lowest BCUT2D eigenvalue weighted by molar-refractivity contribution is 0.0848. The van der Waals surface area contributed by atoms with Gasteiger partial charge in [-0.05, 0) is 44.2 Å². The second-order valence-electron chi connectivity index (χ2n) is 8.30. The zero-order chi connectivity index (χ0) is 25.0. The van der Waals surface area contributed by atoms with Crippen LogP contribution in [0.5, 0.6) is 0 Å². The third-order valence-corrected chi connectivity index (χ3v) is 6.32. The van der Waals surface area contributed by atoms with Gasteiger partial charge < -0.3 is 21.1 Å². The molecule has 5 heterocycles. The number of aromatic nitrogens is 6. The highest BCUT2D eigenvalue weighted by molar-refractivity contribution is 7.14. The summed E-state index contributed by atoms with van der Waals surface area (Å²) in [7, 11) is 0. The highest BCUT2D eigenvalue weighted by Gasteiger charge is 2.35. The van der Waals surface area contributed by atoms with E-state index in [4.69, 9.17) is 0 Å². The molecule has 0 bridgehead atoms. The predicted molar refractivity (Wildman–Crippen MR) is 135 cm³/mol. The molecule has 13 heteroatoms. The number of aliphatic hydroxyl groups excluding tert-OH is 1. The molecule has 1 unspecified atom stereocenters. The average molecular weight is 505 g/mol. The largest absolute Gasteiger partial charge is 0.394 e. The lowest BCUT2D eigenvalue weighted by Gasteiger charge is -2.26. The van der Waals surface area contributed by atoms with Crippen molar-refractivity contribution in [2.24, 2.45) is 0 Å². The normalized spacial score (nSPS) is 17.1. The minimum atomic E-state index is -0.659. The van der Waals surface area contributed by atoms with Crippen molar-refractivity contribution in [1.29, 1.82) is 0 Å². The van der Waals surface area contributed by atoms with Crippen molar-refractivity contribution in [3.8, 4) is 11.5 Å². The van der Waals surface area contributed by atoms with E-state index in [1.165, 1.54) is 11.3 Å². The summed E-state index contributed by atoms with van der Waals surface area (Å²) in [6.07, 6.45) is 3.91. The first-order valence-corrected chi connectivity index (χ1v) is 12.1. The number of pyridine rings is 1. The van der Waals surface area contributed by atoms with Crippen LogP contribution in [0.15, 0.2) is 48.1 Å². The summed E-state index contributed by atoms with van der Waals surface area (Å²) in [4.78, 5) is 39.0. The molecule has 12 nitrogen and oxygen atoms in total. The molecule has 1 aliphatic rings. The Hall–Kier alpha value is -4.07. The topological polar surface area (TPSA) is 163 Å². The van der Waals surface area contributed by atoms with E-state index in [9.17, 15) is 9.90 Å². The molecule has 1 atom stereocenters. The number of rotatable bonds is 8. The Labute approximate surface area is 210 Å². The van der Waals surface area contributed by atoms with Crippen molar-refractivity contribution in [2.45, 2.75) is 18.9 Å². The number of nitrogens with zero attached hydrogens (tertiary/aromatic N) is 6. The predicted octanol–water partition coefficient (Wildman–Crippen LogP) is 2.03. The maximum atomic E-state index is 12.6. The first kappa shape index (κ1) is 23.7. The molecular formula is C23H24N10O2S. The molecule has 0 saturated carbocycles. The van der Waals surface area contributed by atoms with E-state index in [1.54, 1.807) is 29.9 Å². The Bertz CT molecular complexity index is 1370. The van der Waals surface area contributed by atoms with Crippen LogP contribution in [0.25, 0.3) is 11.5 Å². The molecule has 0 spiro atoms. The fourth-order valence-electron chi connectivity index (χ4n) is 3.70. The quantitative estimate of drug-likeness (QED) is 0.239. The fraction of sp³-hybridized carbons (Fsp3) is 0.261. The van der Waals surface area contributed by atoms with E-state index in [2.05, 4.69) is 51.2 Å². The van der Waals surface area contributed by atoms with Crippen molar-refractivity contribution < 1.29 is 9.90 Å². The third-order valence-electron chi connectivity index (χ3n) is 5.57. The van der Waals surface area contributed by atoms with Gasteiger partial charge in [0, 0.05) is 30.0 Å². The summed E-state index contributed by atoms with van der Waals surface area (Å²) in [5, 5.41) is 24.1. The maximum absolute atomic E-state index is 12.6. The van der Waals surface area contributed by atoms with Gasteiger partial charge in [0.15, 0.2) is 11.0 Å². The van der Waals surface area contributed by atoms with E-state index in [-0.39, 0.29) is 18.2 Å². The van der Waals surface area contributed by atoms with Gasteiger partial charge in [0.25, 0.3) is 5.91 Å². The van der Waals surface area contributed by atoms with Crippen LogP contribution in [0.3, 0.4) is 0 Å². The molecule has 1 fully saturated rings. The number of nitrogens with one attached hydrogen (secondary N) is 4. The Morgan fingerprint density at radius 3 is 2.69 bits per heavy atom. The average Bonchev–Trinajstić information content (AvgIpc) is 3.55. The van der Waals surface area contributed by atoms with E-state index in [0.29, 0.717) is 47.2 Å². The number of carbonyl (C=O) groups is 1. The summed E-state index contributed by atoms with van der Waals surface area (Å²) in [5.74, 6) is 1.54. The first-order chi connectivity index (χ1) is 17.5. The fourth-order valence-corrected chi connectivity index (χ4v) is 4.38. The Morgan fingerprint density at radius 1 is 1.08 bits per heavy atom. The number of thiazole rings is 1. The van der Waals surface area contributed by atoms with Crippen LogP contribution in [0.4, 0.5) is 22.7 Å². The highest BCUT2D eigenvalue weighted by atomic mass is 32.1. The van der Waals surface area contributed by atoms with Crippen molar-refractivity contribution >= 4 is 40.0 Å². The molecule has 4 aromatic heterocycles. The van der Waals surface area contributed by atoms with Crippen LogP contribution in [-0.2, 0) is 0 Å². The number of aliphatic hydroxyl groups is 1. The molecule has 36 heavy (non-hydrogen) atoms. The van der Waals surface area contributed by atoms with Crippen molar-refractivity contribution in [2.75, 3.05) is 30.3 Å². The Morgan fingerprint density at radius 2 is 1.92 bits per heavy atom. The molecule has 1 aliphatic heterocycles. The van der Waals surface area contributed by atoms with E-state index in [0.717, 1.165) is 12.2 Å². The lowest BCUT2D eigenvalue weighted by atomic mass is 10.00. The minimum absolute atomic E-state index is 0.135. The van der Waals surface area contributed by atoms with Crippen molar-refractivity contribution in [3.63, 3.8) is 0 Å². The van der Waals surface area contributed by atoms with Gasteiger partial charge in [0.05, 0.1) is 12.1 Å². The van der Waals surface area contributed by atoms with Gasteiger partial charge >= 0.3 is 0 Å². The minimum Gasteiger partial charge on any atom is -0.394 e. The van der Waals surface area contributed by atoms with Gasteiger partial charge in [0.2, 0.25) is 5.95 Å². The number of carbonyl (C=O) groups excluding carboxylic acids is 1. The highest BCUT2D eigenvalue weighted by Crippen LogP contribution is 2.22. The second kappa shape index (κ2) is 10.3. The van der Waals surface area contributed by atoms with E-state index < -0.39 is 5.54 Å². The first-order valence-electron chi connectivity index (χ1n) is 11.3. The van der Waals surface area contributed by atoms with Gasteiger partial charge in [0.1, 0.15) is 23.0 Å². The molecule has 0 aromatic carbocycles. The second-order valence-corrected chi connectivity index (χ2v) is 9.16. The van der Waals surface area contributed by atoms with Crippen molar-refractivity contribution in [3.05, 3.63) is 59.5 Å². The number of hydrogen-bond donors (Lipinski definition) is 5. The summed E-state index contributed by atoms with van der Waals surface area (Å²) >= 11 is 1.26. The van der Waals surface area contributed by atoms with Gasteiger partial charge in [-0.1, -0.05) is 6.07 Å². The molecule has 5 N–H and O–H groups in total. The standard InChI is InChI=1S/C23H24N10O2S/c1-14-3-2-4-15(27-14)19-25-8-5-17(30-19)29-18-6-9-26-21(31-18)32-22-28-16(11-36-22)20(35)33-23(13-34)7-10-24-12-23/h2-6,8-9,11,24,34H,7,10,12-13H2,1H3,(H,33,35)(H2,25,26,28,29,30,31,32). The van der Waals surface area contributed by atoms with Crippen LogP contribution in [-0.4, -0.2) is 66.2 Å². The molecule has 0 aliphatic carbocycles. The van der Waals surface area contributed by atoms with Gasteiger partial charge in [-0.2, -0.15) is 4.98 Å². The van der Waals surface area contributed by atoms with Gasteiger partial charge in [-0.15, -0.1) is 11.3 Å². The monoisotopic (exact) mass is 504 g/mol. The van der Waals surface area contributed by atoms with Crippen LogP contribution in [0, 0.1) is 6.92 Å². The molecule has 0 radical (unpaired) electrons. The van der Waals surface area contributed by atoms with Crippen LogP contribution < -0.4 is 21.3 Å². The van der Waals surface area contributed by atoms with E-state index in [1.807, 2.05) is 25.1 Å². The Kier molecular flexibility index (Phi) is 6.75. The number of aryl methyl sites for hydroxylation is 1. The van der Waals surface area contributed by atoms with Crippen LogP contribution in [0.1, 0.15) is 22.6 Å². The number of anilines is 4. The summed E-state index contributed by atoms with van der Waals surface area (Å²) in [5.41, 5.74) is 1.16. The number of amides is 1. The molecule has 5 rings (SSSR count).